The minimum Gasteiger partial charge on any atom is -0.381 e. The van der Waals surface area contributed by atoms with Crippen LogP contribution in [0.25, 0.3) is 0 Å². The van der Waals surface area contributed by atoms with E-state index in [9.17, 15) is 0 Å². The molecule has 0 bridgehead atoms. The van der Waals surface area contributed by atoms with E-state index in [1.807, 2.05) is 7.11 Å². The molecule has 0 spiro atoms. The Bertz CT molecular complexity index is 128. The Morgan fingerprint density at radius 1 is 1.06 bits per heavy atom. The first-order valence-electron chi connectivity index (χ1n) is 7.03. The Kier molecular flexibility index (Phi) is 11.3. The van der Waals surface area contributed by atoms with Gasteiger partial charge in [-0.1, -0.05) is 40.0 Å². The molecular formula is C14H31NO. The molecule has 0 atom stereocenters. The van der Waals surface area contributed by atoms with Crippen molar-refractivity contribution in [2.24, 2.45) is 0 Å². The van der Waals surface area contributed by atoms with Crippen LogP contribution in [-0.2, 0) is 4.74 Å². The maximum absolute atomic E-state index is 5.34. The van der Waals surface area contributed by atoms with Gasteiger partial charge in [-0.2, -0.15) is 0 Å². The van der Waals surface area contributed by atoms with E-state index in [0.717, 1.165) is 0 Å². The van der Waals surface area contributed by atoms with Gasteiger partial charge in [0.25, 0.3) is 0 Å². The second-order valence-corrected chi connectivity index (χ2v) is 4.69. The number of nitrogens with zero attached hydrogens (tertiary/aromatic N) is 1. The van der Waals surface area contributed by atoms with Crippen LogP contribution in [0.5, 0.6) is 0 Å². The lowest BCUT2D eigenvalue weighted by molar-refractivity contribution is 0.0407. The van der Waals surface area contributed by atoms with Gasteiger partial charge in [0.2, 0.25) is 0 Å². The molecule has 1 fully saturated rings. The third kappa shape index (κ3) is 8.12. The molecule has 0 aliphatic carbocycles. The summed E-state index contributed by atoms with van der Waals surface area (Å²) in [6.07, 6.45) is 8.31. The van der Waals surface area contributed by atoms with Crippen molar-refractivity contribution in [2.75, 3.05) is 26.7 Å². The average molecular weight is 229 g/mol. The van der Waals surface area contributed by atoms with Gasteiger partial charge in [-0.15, -0.1) is 0 Å². The topological polar surface area (TPSA) is 12.5 Å². The van der Waals surface area contributed by atoms with E-state index < -0.39 is 0 Å². The van der Waals surface area contributed by atoms with Gasteiger partial charge in [0.15, 0.2) is 0 Å². The monoisotopic (exact) mass is 229 g/mol. The zero-order valence-corrected chi connectivity index (χ0v) is 11.8. The van der Waals surface area contributed by atoms with Crippen molar-refractivity contribution < 1.29 is 4.74 Å². The minimum absolute atomic E-state index is 0.530. The number of hydrogen-bond donors (Lipinski definition) is 0. The second kappa shape index (κ2) is 11.4. The zero-order chi connectivity index (χ0) is 12.2. The lowest BCUT2D eigenvalue weighted by Crippen LogP contribution is -2.37. The molecule has 98 valence electrons. The van der Waals surface area contributed by atoms with Crippen LogP contribution in [0.4, 0.5) is 0 Å². The summed E-state index contributed by atoms with van der Waals surface area (Å²) in [5.41, 5.74) is 0. The molecule has 0 radical (unpaired) electrons. The number of rotatable bonds is 5. The predicted octanol–water partition coefficient (Wildman–Crippen LogP) is 3.70. The summed E-state index contributed by atoms with van der Waals surface area (Å²) in [6, 6.07) is 0. The summed E-state index contributed by atoms with van der Waals surface area (Å²) in [5.74, 6) is 0. The Hall–Kier alpha value is -0.0800. The fourth-order valence-corrected chi connectivity index (χ4v) is 1.95. The first kappa shape index (κ1) is 15.9. The SMILES string of the molecule is CCC.CCCCCN1CCC(OC)CC1. The van der Waals surface area contributed by atoms with Crippen LogP contribution in [0.2, 0.25) is 0 Å². The van der Waals surface area contributed by atoms with Gasteiger partial charge in [0, 0.05) is 20.2 Å². The van der Waals surface area contributed by atoms with E-state index >= 15 is 0 Å². The first-order chi connectivity index (χ1) is 7.78. The van der Waals surface area contributed by atoms with Crippen molar-refractivity contribution in [3.63, 3.8) is 0 Å². The molecule has 0 aromatic rings. The Morgan fingerprint density at radius 2 is 1.62 bits per heavy atom. The smallest absolute Gasteiger partial charge is 0.0595 e. The zero-order valence-electron chi connectivity index (χ0n) is 11.8. The predicted molar refractivity (Wildman–Crippen MR) is 72.0 cm³/mol. The highest BCUT2D eigenvalue weighted by atomic mass is 16.5. The summed E-state index contributed by atoms with van der Waals surface area (Å²) < 4.78 is 5.34. The van der Waals surface area contributed by atoms with E-state index in [2.05, 4.69) is 25.7 Å². The van der Waals surface area contributed by atoms with Crippen molar-refractivity contribution in [1.82, 2.24) is 4.90 Å². The van der Waals surface area contributed by atoms with Crippen molar-refractivity contribution in [2.45, 2.75) is 65.4 Å². The van der Waals surface area contributed by atoms with Crippen LogP contribution in [0.15, 0.2) is 0 Å². The first-order valence-corrected chi connectivity index (χ1v) is 7.03. The molecule has 1 aliphatic rings. The molecule has 0 amide bonds. The van der Waals surface area contributed by atoms with Crippen LogP contribution in [0, 0.1) is 0 Å². The minimum atomic E-state index is 0.530. The number of piperidine rings is 1. The third-order valence-electron chi connectivity index (χ3n) is 2.95. The van der Waals surface area contributed by atoms with E-state index in [1.165, 1.54) is 58.2 Å². The molecule has 0 unspecified atom stereocenters. The fraction of sp³-hybridized carbons (Fsp3) is 1.00. The van der Waals surface area contributed by atoms with Crippen LogP contribution < -0.4 is 0 Å². The average Bonchev–Trinajstić information content (AvgIpc) is 2.31. The van der Waals surface area contributed by atoms with E-state index in [1.54, 1.807) is 0 Å². The number of unbranched alkanes of at least 4 members (excludes halogenated alkanes) is 2. The number of ether oxygens (including phenoxy) is 1. The molecule has 1 aliphatic heterocycles. The summed E-state index contributed by atoms with van der Waals surface area (Å²) in [5, 5.41) is 0. The molecular weight excluding hydrogens is 198 g/mol. The molecule has 2 heteroatoms. The molecule has 1 saturated heterocycles. The van der Waals surface area contributed by atoms with Gasteiger partial charge in [-0.3, -0.25) is 0 Å². The van der Waals surface area contributed by atoms with Crippen LogP contribution >= 0.6 is 0 Å². The lowest BCUT2D eigenvalue weighted by atomic mass is 10.1. The molecule has 2 nitrogen and oxygen atoms in total. The molecule has 0 N–H and O–H groups in total. The van der Waals surface area contributed by atoms with Crippen LogP contribution in [0.1, 0.15) is 59.3 Å². The highest BCUT2D eigenvalue weighted by Crippen LogP contribution is 2.13. The quantitative estimate of drug-likeness (QED) is 0.666. The highest BCUT2D eigenvalue weighted by Gasteiger charge is 2.17. The van der Waals surface area contributed by atoms with Crippen molar-refractivity contribution in [3.05, 3.63) is 0 Å². The van der Waals surface area contributed by atoms with Gasteiger partial charge < -0.3 is 9.64 Å². The van der Waals surface area contributed by atoms with Gasteiger partial charge in [-0.05, 0) is 25.8 Å². The summed E-state index contributed by atoms with van der Waals surface area (Å²) in [6.45, 7) is 10.3. The van der Waals surface area contributed by atoms with Gasteiger partial charge in [0.05, 0.1) is 6.10 Å². The van der Waals surface area contributed by atoms with Crippen molar-refractivity contribution in [3.8, 4) is 0 Å². The number of methoxy groups -OCH3 is 1. The number of likely N-dealkylation sites (tertiary alicyclic amines) is 1. The maximum atomic E-state index is 5.34. The van der Waals surface area contributed by atoms with Gasteiger partial charge >= 0.3 is 0 Å². The Labute approximate surface area is 102 Å². The van der Waals surface area contributed by atoms with Crippen molar-refractivity contribution in [1.29, 1.82) is 0 Å². The number of hydrogen-bond acceptors (Lipinski definition) is 2. The molecule has 1 heterocycles. The van der Waals surface area contributed by atoms with Crippen LogP contribution in [-0.4, -0.2) is 37.7 Å². The lowest BCUT2D eigenvalue weighted by Gasteiger charge is -2.31. The highest BCUT2D eigenvalue weighted by molar-refractivity contribution is 4.71. The molecule has 16 heavy (non-hydrogen) atoms. The molecule has 1 rings (SSSR count). The van der Waals surface area contributed by atoms with Gasteiger partial charge in [-0.25, -0.2) is 0 Å². The largest absolute Gasteiger partial charge is 0.381 e. The summed E-state index contributed by atoms with van der Waals surface area (Å²) in [7, 11) is 1.83. The van der Waals surface area contributed by atoms with E-state index in [4.69, 9.17) is 4.74 Å². The van der Waals surface area contributed by atoms with E-state index in [0.29, 0.717) is 6.10 Å². The fourth-order valence-electron chi connectivity index (χ4n) is 1.95. The summed E-state index contributed by atoms with van der Waals surface area (Å²) >= 11 is 0. The Balaban J connectivity index is 0.000000673. The Morgan fingerprint density at radius 3 is 2.06 bits per heavy atom. The maximum Gasteiger partial charge on any atom is 0.0595 e. The third-order valence-corrected chi connectivity index (χ3v) is 2.95. The molecule has 0 aromatic heterocycles. The van der Waals surface area contributed by atoms with Crippen LogP contribution in [0.3, 0.4) is 0 Å². The van der Waals surface area contributed by atoms with Crippen molar-refractivity contribution >= 4 is 0 Å². The normalized spacial score (nSPS) is 18.0. The van der Waals surface area contributed by atoms with E-state index in [-0.39, 0.29) is 0 Å². The van der Waals surface area contributed by atoms with Gasteiger partial charge in [0.1, 0.15) is 0 Å². The standard InChI is InChI=1S/C11H23NO.C3H8/c1-3-4-5-8-12-9-6-11(13-2)7-10-12;1-3-2/h11H,3-10H2,1-2H3;3H2,1-2H3. The molecule has 0 aromatic carbocycles. The molecule has 0 saturated carbocycles. The summed E-state index contributed by atoms with van der Waals surface area (Å²) in [4.78, 5) is 2.57. The second-order valence-electron chi connectivity index (χ2n) is 4.69.